The molecule has 1 aliphatic carbocycles. The summed E-state index contributed by atoms with van der Waals surface area (Å²) >= 11 is 0. The van der Waals surface area contributed by atoms with Crippen LogP contribution in [-0.4, -0.2) is 12.0 Å². The molecule has 0 radical (unpaired) electrons. The largest absolute Gasteiger partial charge is 0.416 e. The first-order chi connectivity index (χ1) is 14.8. The van der Waals surface area contributed by atoms with Crippen molar-refractivity contribution in [2.75, 3.05) is 0 Å². The maximum absolute atomic E-state index is 13.7. The standard InChI is InChI=1S/C25H28F3NO2/c1-3-19-14-21(10-11-22(19)15-30)17(2)29-31-16-18-9-12-23(20-7-5-4-6-8-20)24(13-18)25(26,27)28/h9-15,20H,3-8,16H2,1-2H3/b29-17-. The molecule has 0 atom stereocenters. The van der Waals surface area contributed by atoms with E-state index in [9.17, 15) is 18.0 Å². The van der Waals surface area contributed by atoms with Crippen molar-refractivity contribution >= 4 is 12.0 Å². The normalized spacial score (nSPS) is 15.7. The van der Waals surface area contributed by atoms with Crippen molar-refractivity contribution in [3.8, 4) is 0 Å². The summed E-state index contributed by atoms with van der Waals surface area (Å²) < 4.78 is 41.1. The molecule has 31 heavy (non-hydrogen) atoms. The summed E-state index contributed by atoms with van der Waals surface area (Å²) in [5.74, 6) is -0.0253. The molecule has 1 fully saturated rings. The second-order valence-electron chi connectivity index (χ2n) is 8.09. The number of nitrogens with zero attached hydrogens (tertiary/aromatic N) is 1. The summed E-state index contributed by atoms with van der Waals surface area (Å²) in [6.07, 6.45) is 1.82. The van der Waals surface area contributed by atoms with E-state index < -0.39 is 11.7 Å². The summed E-state index contributed by atoms with van der Waals surface area (Å²) in [5.41, 5.74) is 3.24. The van der Waals surface area contributed by atoms with Gasteiger partial charge in [-0.05, 0) is 66.5 Å². The van der Waals surface area contributed by atoms with E-state index >= 15 is 0 Å². The number of rotatable bonds is 7. The average molecular weight is 431 g/mol. The maximum atomic E-state index is 13.7. The second-order valence-corrected chi connectivity index (χ2v) is 8.09. The lowest BCUT2D eigenvalue weighted by Gasteiger charge is -2.25. The van der Waals surface area contributed by atoms with Crippen molar-refractivity contribution in [3.05, 3.63) is 69.8 Å². The van der Waals surface area contributed by atoms with Crippen LogP contribution in [0.3, 0.4) is 0 Å². The SMILES string of the molecule is CCc1cc(/C(C)=N\OCc2ccc(C3CCCCC3)c(C(F)(F)F)c2)ccc1C=O. The lowest BCUT2D eigenvalue weighted by Crippen LogP contribution is -2.15. The van der Waals surface area contributed by atoms with Crippen molar-refractivity contribution in [3.63, 3.8) is 0 Å². The zero-order valence-electron chi connectivity index (χ0n) is 18.0. The number of oxime groups is 1. The number of hydrogen-bond donors (Lipinski definition) is 0. The van der Waals surface area contributed by atoms with Crippen LogP contribution in [0.2, 0.25) is 0 Å². The topological polar surface area (TPSA) is 38.7 Å². The highest BCUT2D eigenvalue weighted by Gasteiger charge is 2.35. The maximum Gasteiger partial charge on any atom is 0.416 e. The van der Waals surface area contributed by atoms with E-state index in [-0.39, 0.29) is 12.5 Å². The van der Waals surface area contributed by atoms with Gasteiger partial charge in [-0.3, -0.25) is 4.79 Å². The number of carbonyl (C=O) groups excluding carboxylic acids is 1. The summed E-state index contributed by atoms with van der Waals surface area (Å²) in [6, 6.07) is 9.92. The Kier molecular flexibility index (Phi) is 7.52. The third kappa shape index (κ3) is 5.75. The first-order valence-corrected chi connectivity index (χ1v) is 10.8. The Morgan fingerprint density at radius 2 is 1.87 bits per heavy atom. The van der Waals surface area contributed by atoms with Crippen LogP contribution >= 0.6 is 0 Å². The zero-order chi connectivity index (χ0) is 22.4. The van der Waals surface area contributed by atoms with E-state index in [2.05, 4.69) is 5.16 Å². The van der Waals surface area contributed by atoms with Gasteiger partial charge in [-0.1, -0.05) is 55.6 Å². The fraction of sp³-hybridized carbons (Fsp3) is 0.440. The molecular weight excluding hydrogens is 403 g/mol. The smallest absolute Gasteiger partial charge is 0.391 e. The summed E-state index contributed by atoms with van der Waals surface area (Å²) in [7, 11) is 0. The molecule has 0 aliphatic heterocycles. The van der Waals surface area contributed by atoms with Gasteiger partial charge in [-0.25, -0.2) is 0 Å². The van der Waals surface area contributed by atoms with E-state index in [4.69, 9.17) is 4.84 Å². The molecule has 166 valence electrons. The quantitative estimate of drug-likeness (QED) is 0.267. The molecule has 0 heterocycles. The van der Waals surface area contributed by atoms with Crippen molar-refractivity contribution < 1.29 is 22.8 Å². The molecule has 2 aromatic rings. The Labute approximate surface area is 181 Å². The van der Waals surface area contributed by atoms with E-state index in [1.165, 1.54) is 6.07 Å². The number of benzene rings is 2. The number of halogens is 3. The van der Waals surface area contributed by atoms with Crippen molar-refractivity contribution in [1.29, 1.82) is 0 Å². The molecule has 0 unspecified atom stereocenters. The summed E-state index contributed by atoms with van der Waals surface area (Å²) in [4.78, 5) is 16.5. The average Bonchev–Trinajstić information content (AvgIpc) is 2.78. The first kappa shape index (κ1) is 23.0. The fourth-order valence-corrected chi connectivity index (χ4v) is 4.22. The monoisotopic (exact) mass is 431 g/mol. The van der Waals surface area contributed by atoms with Crippen LogP contribution in [-0.2, 0) is 24.0 Å². The van der Waals surface area contributed by atoms with Gasteiger partial charge in [0.1, 0.15) is 12.9 Å². The minimum atomic E-state index is -4.39. The van der Waals surface area contributed by atoms with E-state index in [0.717, 1.165) is 49.5 Å². The first-order valence-electron chi connectivity index (χ1n) is 10.8. The van der Waals surface area contributed by atoms with Crippen LogP contribution in [0.1, 0.15) is 90.0 Å². The number of aryl methyl sites for hydroxylation is 1. The molecule has 0 bridgehead atoms. The van der Waals surface area contributed by atoms with Crippen molar-refractivity contribution in [2.24, 2.45) is 5.16 Å². The molecule has 3 nitrogen and oxygen atoms in total. The molecule has 0 spiro atoms. The van der Waals surface area contributed by atoms with Gasteiger partial charge in [0.15, 0.2) is 0 Å². The van der Waals surface area contributed by atoms with Crippen molar-refractivity contribution in [1.82, 2.24) is 0 Å². The van der Waals surface area contributed by atoms with E-state index in [1.807, 2.05) is 13.0 Å². The lowest BCUT2D eigenvalue weighted by molar-refractivity contribution is -0.138. The number of aldehydes is 1. The molecule has 1 saturated carbocycles. The van der Waals surface area contributed by atoms with Crippen LogP contribution in [0.25, 0.3) is 0 Å². The van der Waals surface area contributed by atoms with Gasteiger partial charge >= 0.3 is 6.18 Å². The van der Waals surface area contributed by atoms with E-state index in [0.29, 0.717) is 28.8 Å². The second kappa shape index (κ2) is 10.1. The summed E-state index contributed by atoms with van der Waals surface area (Å²) in [5, 5.41) is 4.07. The van der Waals surface area contributed by atoms with Crippen LogP contribution < -0.4 is 0 Å². The van der Waals surface area contributed by atoms with Crippen LogP contribution in [0.5, 0.6) is 0 Å². The van der Waals surface area contributed by atoms with Gasteiger partial charge in [0.25, 0.3) is 0 Å². The molecule has 0 aromatic heterocycles. The lowest BCUT2D eigenvalue weighted by atomic mass is 9.81. The molecule has 0 amide bonds. The Balaban J connectivity index is 1.74. The zero-order valence-corrected chi connectivity index (χ0v) is 18.0. The molecule has 0 saturated heterocycles. The highest BCUT2D eigenvalue weighted by atomic mass is 19.4. The Morgan fingerprint density at radius 3 is 2.52 bits per heavy atom. The van der Waals surface area contributed by atoms with Gasteiger partial charge in [-0.2, -0.15) is 13.2 Å². The third-order valence-corrected chi connectivity index (χ3v) is 5.97. The van der Waals surface area contributed by atoms with Crippen LogP contribution in [0.4, 0.5) is 13.2 Å². The fourth-order valence-electron chi connectivity index (χ4n) is 4.22. The van der Waals surface area contributed by atoms with Crippen molar-refractivity contribution in [2.45, 2.75) is 71.1 Å². The molecular formula is C25H28F3NO2. The number of carbonyl (C=O) groups is 1. The highest BCUT2D eigenvalue weighted by molar-refractivity contribution is 5.99. The summed E-state index contributed by atoms with van der Waals surface area (Å²) in [6.45, 7) is 3.69. The van der Waals surface area contributed by atoms with Crippen LogP contribution in [0.15, 0.2) is 41.6 Å². The highest BCUT2D eigenvalue weighted by Crippen LogP contribution is 2.41. The number of hydrogen-bond acceptors (Lipinski definition) is 3. The van der Waals surface area contributed by atoms with Gasteiger partial charge in [0, 0.05) is 5.56 Å². The van der Waals surface area contributed by atoms with E-state index in [1.54, 1.807) is 31.2 Å². The Bertz CT molecular complexity index is 944. The van der Waals surface area contributed by atoms with Gasteiger partial charge in [0.05, 0.1) is 11.3 Å². The molecule has 1 aliphatic rings. The Morgan fingerprint density at radius 1 is 1.13 bits per heavy atom. The minimum Gasteiger partial charge on any atom is -0.391 e. The Hall–Kier alpha value is -2.63. The molecule has 2 aromatic carbocycles. The number of alkyl halides is 3. The molecule has 6 heteroatoms. The van der Waals surface area contributed by atoms with Gasteiger partial charge in [0.2, 0.25) is 0 Å². The predicted octanol–water partition coefficient (Wildman–Crippen LogP) is 7.07. The molecule has 0 N–H and O–H groups in total. The predicted molar refractivity (Wildman–Crippen MR) is 115 cm³/mol. The van der Waals surface area contributed by atoms with Gasteiger partial charge in [-0.15, -0.1) is 0 Å². The molecule has 3 rings (SSSR count). The minimum absolute atomic E-state index is 0.0253. The van der Waals surface area contributed by atoms with Gasteiger partial charge < -0.3 is 4.84 Å². The third-order valence-electron chi connectivity index (χ3n) is 5.97. The van der Waals surface area contributed by atoms with Crippen LogP contribution in [0, 0.1) is 0 Å².